The smallest absolute Gasteiger partial charge is 0.254 e. The largest absolute Gasteiger partial charge is 0.515 e. The number of rotatable bonds is 1. The average molecular weight is 240 g/mol. The van der Waals surface area contributed by atoms with Crippen molar-refractivity contribution in [1.29, 1.82) is 5.26 Å². The number of carbonyl (C=O) groups is 1. The fourth-order valence-electron chi connectivity index (χ4n) is 3.09. The van der Waals surface area contributed by atoms with E-state index in [1.807, 2.05) is 30.3 Å². The van der Waals surface area contributed by atoms with Crippen LogP contribution in [0.15, 0.2) is 36.1 Å². The van der Waals surface area contributed by atoms with Crippen LogP contribution in [0.4, 0.5) is 0 Å². The van der Waals surface area contributed by atoms with Crippen LogP contribution in [0, 0.1) is 11.3 Å². The van der Waals surface area contributed by atoms with Crippen molar-refractivity contribution >= 4 is 5.91 Å². The molecular formula is C14H12N2O2. The number of nitrogens with zero attached hydrogens (tertiary/aromatic N) is 2. The van der Waals surface area contributed by atoms with Gasteiger partial charge in [-0.2, -0.15) is 5.26 Å². The molecule has 1 aliphatic heterocycles. The molecule has 4 heteroatoms. The molecule has 3 rings (SSSR count). The van der Waals surface area contributed by atoms with E-state index >= 15 is 0 Å². The first-order chi connectivity index (χ1) is 8.77. The van der Waals surface area contributed by atoms with Gasteiger partial charge in [-0.05, 0) is 17.5 Å². The molecule has 0 spiro atoms. The van der Waals surface area contributed by atoms with Crippen LogP contribution in [0.1, 0.15) is 17.0 Å². The van der Waals surface area contributed by atoms with E-state index in [0.29, 0.717) is 5.57 Å². The molecule has 1 N–H and O–H groups in total. The number of hydrogen-bond acceptors (Lipinski definition) is 3. The van der Waals surface area contributed by atoms with Gasteiger partial charge in [-0.15, -0.1) is 0 Å². The van der Waals surface area contributed by atoms with Crippen LogP contribution < -0.4 is 0 Å². The zero-order valence-electron chi connectivity index (χ0n) is 9.71. The zero-order chi connectivity index (χ0) is 12.7. The third-order valence-electron chi connectivity index (χ3n) is 3.83. The van der Waals surface area contributed by atoms with Crippen LogP contribution >= 0.6 is 0 Å². The number of aliphatic hydroxyl groups is 1. The van der Waals surface area contributed by atoms with Crippen LogP contribution in [0.3, 0.4) is 0 Å². The summed E-state index contributed by atoms with van der Waals surface area (Å²) in [7, 11) is 0. The number of nitriles is 1. The van der Waals surface area contributed by atoms with Crippen molar-refractivity contribution < 1.29 is 9.90 Å². The minimum Gasteiger partial charge on any atom is -0.515 e. The highest BCUT2D eigenvalue weighted by Gasteiger charge is 2.48. The van der Waals surface area contributed by atoms with E-state index in [-0.39, 0.29) is 24.4 Å². The van der Waals surface area contributed by atoms with E-state index in [2.05, 4.69) is 0 Å². The lowest BCUT2D eigenvalue weighted by Crippen LogP contribution is -2.34. The highest BCUT2D eigenvalue weighted by molar-refractivity contribution is 5.98. The Hall–Kier alpha value is -2.28. The van der Waals surface area contributed by atoms with Gasteiger partial charge in [0.2, 0.25) is 0 Å². The summed E-state index contributed by atoms with van der Waals surface area (Å²) in [5, 5.41) is 18.1. The lowest BCUT2D eigenvalue weighted by molar-refractivity contribution is -0.125. The van der Waals surface area contributed by atoms with Gasteiger partial charge in [-0.25, -0.2) is 0 Å². The first kappa shape index (κ1) is 10.8. The molecule has 1 aliphatic carbocycles. The van der Waals surface area contributed by atoms with E-state index in [9.17, 15) is 9.90 Å². The molecule has 4 nitrogen and oxygen atoms in total. The van der Waals surface area contributed by atoms with Gasteiger partial charge in [0, 0.05) is 12.0 Å². The van der Waals surface area contributed by atoms with Crippen molar-refractivity contribution in [3.8, 4) is 6.07 Å². The molecule has 1 fully saturated rings. The summed E-state index contributed by atoms with van der Waals surface area (Å²) < 4.78 is 0. The predicted molar refractivity (Wildman–Crippen MR) is 64.7 cm³/mol. The minimum absolute atomic E-state index is 0.0204. The van der Waals surface area contributed by atoms with Gasteiger partial charge in [0.05, 0.1) is 17.9 Å². The monoisotopic (exact) mass is 240 g/mol. The third kappa shape index (κ3) is 1.28. The molecule has 1 aromatic carbocycles. The lowest BCUT2D eigenvalue weighted by atomic mass is 9.94. The van der Waals surface area contributed by atoms with Crippen LogP contribution in [0.5, 0.6) is 0 Å². The van der Waals surface area contributed by atoms with Gasteiger partial charge in [0.25, 0.3) is 5.91 Å². The molecule has 18 heavy (non-hydrogen) atoms. The molecule has 1 aromatic rings. The normalized spacial score (nSPS) is 27.2. The van der Waals surface area contributed by atoms with Gasteiger partial charge < -0.3 is 10.0 Å². The van der Waals surface area contributed by atoms with Gasteiger partial charge in [-0.3, -0.25) is 4.79 Å². The van der Waals surface area contributed by atoms with Crippen LogP contribution in [-0.4, -0.2) is 28.5 Å². The van der Waals surface area contributed by atoms with Crippen molar-refractivity contribution in [1.82, 2.24) is 4.90 Å². The Kier molecular flexibility index (Phi) is 2.34. The second-order valence-corrected chi connectivity index (χ2v) is 4.62. The molecule has 2 atom stereocenters. The van der Waals surface area contributed by atoms with Gasteiger partial charge in [0.15, 0.2) is 0 Å². The molecular weight excluding hydrogens is 228 g/mol. The molecule has 0 saturated carbocycles. The first-order valence-electron chi connectivity index (χ1n) is 5.88. The quantitative estimate of drug-likeness (QED) is 0.459. The Morgan fingerprint density at radius 1 is 1.50 bits per heavy atom. The molecule has 1 amide bonds. The Labute approximate surface area is 105 Å². The molecule has 2 aliphatic rings. The van der Waals surface area contributed by atoms with Crippen molar-refractivity contribution in [2.75, 3.05) is 6.54 Å². The fraction of sp³-hybridized carbons (Fsp3) is 0.286. The second kappa shape index (κ2) is 3.88. The summed E-state index contributed by atoms with van der Waals surface area (Å²) in [4.78, 5) is 13.7. The van der Waals surface area contributed by atoms with E-state index in [4.69, 9.17) is 5.26 Å². The summed E-state index contributed by atoms with van der Waals surface area (Å²) in [6.07, 6.45) is 1.66. The Bertz CT molecular complexity index is 586. The minimum atomic E-state index is -0.219. The first-order valence-corrected chi connectivity index (χ1v) is 5.88. The topological polar surface area (TPSA) is 64.3 Å². The van der Waals surface area contributed by atoms with E-state index < -0.39 is 0 Å². The maximum absolute atomic E-state index is 12.1. The van der Waals surface area contributed by atoms with Gasteiger partial charge >= 0.3 is 0 Å². The third-order valence-corrected chi connectivity index (χ3v) is 3.83. The molecule has 2 unspecified atom stereocenters. The van der Waals surface area contributed by atoms with Crippen molar-refractivity contribution in [3.63, 3.8) is 0 Å². The number of aliphatic hydroxyl groups excluding tert-OH is 1. The zero-order valence-corrected chi connectivity index (χ0v) is 9.71. The maximum Gasteiger partial charge on any atom is 0.254 e. The van der Waals surface area contributed by atoms with Gasteiger partial charge in [0.1, 0.15) is 6.54 Å². The Balaban J connectivity index is 2.09. The van der Waals surface area contributed by atoms with Crippen LogP contribution in [0.25, 0.3) is 0 Å². The molecule has 1 saturated heterocycles. The summed E-state index contributed by atoms with van der Waals surface area (Å²) in [5.41, 5.74) is 2.69. The molecule has 0 aromatic heterocycles. The summed E-state index contributed by atoms with van der Waals surface area (Å²) in [6.45, 7) is 0.0747. The van der Waals surface area contributed by atoms with Crippen molar-refractivity contribution in [2.45, 2.75) is 18.4 Å². The van der Waals surface area contributed by atoms with E-state index in [1.54, 1.807) is 4.90 Å². The second-order valence-electron chi connectivity index (χ2n) is 4.62. The number of benzene rings is 1. The maximum atomic E-state index is 12.1. The molecule has 0 radical (unpaired) electrons. The highest BCUT2D eigenvalue weighted by Crippen LogP contribution is 2.46. The van der Waals surface area contributed by atoms with Crippen LogP contribution in [0.2, 0.25) is 0 Å². The Morgan fingerprint density at radius 3 is 3.00 bits per heavy atom. The Morgan fingerprint density at radius 2 is 2.28 bits per heavy atom. The number of fused-ring (bicyclic) bond motifs is 3. The molecule has 0 bridgehead atoms. The van der Waals surface area contributed by atoms with Gasteiger partial charge in [-0.1, -0.05) is 24.3 Å². The number of carbonyl (C=O) groups excluding carboxylic acids is 1. The van der Waals surface area contributed by atoms with Crippen LogP contribution in [-0.2, 0) is 11.2 Å². The summed E-state index contributed by atoms with van der Waals surface area (Å²) in [5.74, 6) is -0.310. The standard InChI is InChI=1S/C14H12N2O2/c15-5-6-16-12-7-9-3-1-2-4-10(9)13(12)11(8-17)14(16)18/h1-4,8,12-13,17H,6-7H2/b11-8-. The van der Waals surface area contributed by atoms with Crippen molar-refractivity contribution in [3.05, 3.63) is 47.2 Å². The summed E-state index contributed by atoms with van der Waals surface area (Å²) in [6, 6.07) is 9.94. The average Bonchev–Trinajstić information content (AvgIpc) is 2.87. The molecule has 1 heterocycles. The number of amides is 1. The van der Waals surface area contributed by atoms with E-state index in [1.165, 1.54) is 5.56 Å². The lowest BCUT2D eigenvalue weighted by Gasteiger charge is -2.19. The summed E-state index contributed by atoms with van der Waals surface area (Å²) >= 11 is 0. The predicted octanol–water partition coefficient (Wildman–Crippen LogP) is 1.50. The number of hydrogen-bond donors (Lipinski definition) is 1. The SMILES string of the molecule is N#CCN1C(=O)/C(=C\O)C2c3ccccc3CC21. The van der Waals surface area contributed by atoms with E-state index in [0.717, 1.165) is 18.2 Å². The highest BCUT2D eigenvalue weighted by atomic mass is 16.2. The van der Waals surface area contributed by atoms with Crippen molar-refractivity contribution in [2.24, 2.45) is 0 Å². The fourth-order valence-corrected chi connectivity index (χ4v) is 3.09. The number of likely N-dealkylation sites (tertiary alicyclic amines) is 1. The molecule has 90 valence electrons.